The normalized spacial score (nSPS) is 11.3. The Morgan fingerprint density at radius 3 is 2.14 bits per heavy atom. The van der Waals surface area contributed by atoms with Crippen LogP contribution in [0, 0.1) is 0 Å². The van der Waals surface area contributed by atoms with E-state index < -0.39 is 23.9 Å². The van der Waals surface area contributed by atoms with E-state index in [1.807, 2.05) is 31.1 Å². The Morgan fingerprint density at radius 2 is 1.61 bits per heavy atom. The van der Waals surface area contributed by atoms with Crippen LogP contribution < -0.4 is 15.5 Å². The molecule has 148 valence electrons. The molecule has 0 saturated heterocycles. The molecule has 0 spiro atoms. The van der Waals surface area contributed by atoms with Crippen molar-refractivity contribution in [2.24, 2.45) is 0 Å². The van der Waals surface area contributed by atoms with Crippen LogP contribution in [0.3, 0.4) is 0 Å². The van der Waals surface area contributed by atoms with E-state index in [1.165, 1.54) is 31.4 Å². The minimum Gasteiger partial charge on any atom is -0.465 e. The molecule has 2 aromatic rings. The van der Waals surface area contributed by atoms with Gasteiger partial charge in [-0.3, -0.25) is 9.59 Å². The van der Waals surface area contributed by atoms with Crippen molar-refractivity contribution < 1.29 is 24.2 Å². The van der Waals surface area contributed by atoms with Crippen molar-refractivity contribution in [1.82, 2.24) is 5.32 Å². The van der Waals surface area contributed by atoms with Gasteiger partial charge in [0.2, 0.25) is 0 Å². The number of ether oxygens (including phenoxy) is 1. The predicted octanol–water partition coefficient (Wildman–Crippen LogP) is 1.33. The lowest BCUT2D eigenvalue weighted by molar-refractivity contribution is -0.136. The Kier molecular flexibility index (Phi) is 7.11. The molecular weight excluding hydrogens is 362 g/mol. The first-order chi connectivity index (χ1) is 13.3. The molecule has 3 N–H and O–H groups in total. The molecule has 0 radical (unpaired) electrons. The summed E-state index contributed by atoms with van der Waals surface area (Å²) in [5.74, 6) is -2.25. The van der Waals surface area contributed by atoms with Crippen molar-refractivity contribution in [2.75, 3.05) is 38.0 Å². The fraction of sp³-hybridized carbons (Fsp3) is 0.250. The number of aliphatic hydroxyl groups is 1. The van der Waals surface area contributed by atoms with Crippen molar-refractivity contribution in [1.29, 1.82) is 0 Å². The number of hydrogen-bond donors (Lipinski definition) is 3. The van der Waals surface area contributed by atoms with Crippen molar-refractivity contribution in [3.05, 3.63) is 59.7 Å². The summed E-state index contributed by atoms with van der Waals surface area (Å²) in [5.41, 5.74) is 2.29. The standard InChI is InChI=1S/C20H23N3O5/c1-23(2)16-10-6-13(7-11-16)17(24)12-21-18(25)19(26)22-15-8-4-14(5-9-15)20(27)28-3/h4-11,17,24H,12H2,1-3H3,(H,21,25)(H,22,26). The molecule has 2 amide bonds. The number of carbonyl (C=O) groups is 3. The fourth-order valence-electron chi connectivity index (χ4n) is 2.38. The van der Waals surface area contributed by atoms with Crippen molar-refractivity contribution >= 4 is 29.2 Å². The van der Waals surface area contributed by atoms with Crippen molar-refractivity contribution in [3.8, 4) is 0 Å². The molecule has 0 fully saturated rings. The first-order valence-electron chi connectivity index (χ1n) is 8.54. The number of carbonyl (C=O) groups excluding carboxylic acids is 3. The molecule has 0 aliphatic carbocycles. The highest BCUT2D eigenvalue weighted by Crippen LogP contribution is 2.17. The Balaban J connectivity index is 1.86. The lowest BCUT2D eigenvalue weighted by Crippen LogP contribution is -2.37. The first kappa shape index (κ1) is 20.9. The number of benzene rings is 2. The van der Waals surface area contributed by atoms with E-state index in [0.29, 0.717) is 16.8 Å². The third-order valence-electron chi connectivity index (χ3n) is 4.02. The van der Waals surface area contributed by atoms with Crippen molar-refractivity contribution in [3.63, 3.8) is 0 Å². The highest BCUT2D eigenvalue weighted by Gasteiger charge is 2.16. The lowest BCUT2D eigenvalue weighted by atomic mass is 10.1. The van der Waals surface area contributed by atoms with E-state index in [9.17, 15) is 19.5 Å². The summed E-state index contributed by atoms with van der Waals surface area (Å²) < 4.78 is 4.59. The summed E-state index contributed by atoms with van der Waals surface area (Å²) >= 11 is 0. The van der Waals surface area contributed by atoms with Crippen LogP contribution in [0.2, 0.25) is 0 Å². The van der Waals surface area contributed by atoms with E-state index in [1.54, 1.807) is 12.1 Å². The van der Waals surface area contributed by atoms with Gasteiger partial charge in [0.1, 0.15) is 0 Å². The molecule has 2 rings (SSSR count). The number of hydrogen-bond acceptors (Lipinski definition) is 6. The van der Waals surface area contributed by atoms with Crippen LogP contribution in [0.15, 0.2) is 48.5 Å². The maximum absolute atomic E-state index is 12.0. The van der Waals surface area contributed by atoms with E-state index in [0.717, 1.165) is 5.69 Å². The number of nitrogens with one attached hydrogen (secondary N) is 2. The summed E-state index contributed by atoms with van der Waals surface area (Å²) in [7, 11) is 5.09. The largest absolute Gasteiger partial charge is 0.465 e. The van der Waals surface area contributed by atoms with Gasteiger partial charge < -0.3 is 25.4 Å². The first-order valence-corrected chi connectivity index (χ1v) is 8.54. The molecule has 0 aromatic heterocycles. The second-order valence-corrected chi connectivity index (χ2v) is 6.23. The van der Waals surface area contributed by atoms with E-state index in [4.69, 9.17) is 0 Å². The molecule has 0 aliphatic heterocycles. The van der Waals surface area contributed by atoms with Gasteiger partial charge in [0.25, 0.3) is 0 Å². The third kappa shape index (κ3) is 5.55. The van der Waals surface area contributed by atoms with E-state index in [-0.39, 0.29) is 6.54 Å². The minimum atomic E-state index is -0.938. The molecule has 28 heavy (non-hydrogen) atoms. The van der Waals surface area contributed by atoms with Gasteiger partial charge in [-0.25, -0.2) is 4.79 Å². The van der Waals surface area contributed by atoms with Gasteiger partial charge in [-0.05, 0) is 42.0 Å². The van der Waals surface area contributed by atoms with E-state index >= 15 is 0 Å². The van der Waals surface area contributed by atoms with Gasteiger partial charge in [0.05, 0.1) is 18.8 Å². The fourth-order valence-corrected chi connectivity index (χ4v) is 2.38. The molecule has 0 aliphatic rings. The number of esters is 1. The molecular formula is C20H23N3O5. The van der Waals surface area contributed by atoms with Crippen LogP contribution in [-0.4, -0.2) is 50.6 Å². The quantitative estimate of drug-likeness (QED) is 0.511. The summed E-state index contributed by atoms with van der Waals surface area (Å²) in [5, 5.41) is 15.0. The molecule has 8 nitrogen and oxygen atoms in total. The lowest BCUT2D eigenvalue weighted by Gasteiger charge is -2.15. The van der Waals surface area contributed by atoms with Gasteiger partial charge in [-0.1, -0.05) is 12.1 Å². The van der Waals surface area contributed by atoms with Gasteiger partial charge in [0, 0.05) is 32.0 Å². The minimum absolute atomic E-state index is 0.102. The zero-order chi connectivity index (χ0) is 20.7. The van der Waals surface area contributed by atoms with Crippen LogP contribution >= 0.6 is 0 Å². The van der Waals surface area contributed by atoms with Crippen LogP contribution in [0.1, 0.15) is 22.0 Å². The van der Waals surface area contributed by atoms with Gasteiger partial charge in [-0.2, -0.15) is 0 Å². The molecule has 0 saturated carbocycles. The number of anilines is 2. The van der Waals surface area contributed by atoms with Crippen LogP contribution in [0.25, 0.3) is 0 Å². The topological polar surface area (TPSA) is 108 Å². The summed E-state index contributed by atoms with van der Waals surface area (Å²) in [6.07, 6.45) is -0.938. The number of aliphatic hydroxyl groups excluding tert-OH is 1. The van der Waals surface area contributed by atoms with Crippen LogP contribution in [0.5, 0.6) is 0 Å². The van der Waals surface area contributed by atoms with E-state index in [2.05, 4.69) is 15.4 Å². The number of rotatable bonds is 6. The number of nitrogens with zero attached hydrogens (tertiary/aromatic N) is 1. The number of methoxy groups -OCH3 is 1. The molecule has 1 unspecified atom stereocenters. The maximum Gasteiger partial charge on any atom is 0.337 e. The summed E-state index contributed by atoms with van der Waals surface area (Å²) in [4.78, 5) is 37.2. The zero-order valence-electron chi connectivity index (χ0n) is 15.9. The monoisotopic (exact) mass is 385 g/mol. The average molecular weight is 385 g/mol. The second-order valence-electron chi connectivity index (χ2n) is 6.23. The van der Waals surface area contributed by atoms with Crippen LogP contribution in [0.4, 0.5) is 11.4 Å². The Hall–Kier alpha value is -3.39. The highest BCUT2D eigenvalue weighted by atomic mass is 16.5. The number of amides is 2. The molecule has 0 bridgehead atoms. The predicted molar refractivity (Wildman–Crippen MR) is 105 cm³/mol. The SMILES string of the molecule is COC(=O)c1ccc(NC(=O)C(=O)NCC(O)c2ccc(N(C)C)cc2)cc1. The van der Waals surface area contributed by atoms with Crippen molar-refractivity contribution in [2.45, 2.75) is 6.10 Å². The summed E-state index contributed by atoms with van der Waals surface area (Å²) in [6, 6.07) is 13.1. The van der Waals surface area contributed by atoms with Gasteiger partial charge >= 0.3 is 17.8 Å². The van der Waals surface area contributed by atoms with Gasteiger partial charge in [0.15, 0.2) is 0 Å². The third-order valence-corrected chi connectivity index (χ3v) is 4.02. The Morgan fingerprint density at radius 1 is 1.00 bits per heavy atom. The smallest absolute Gasteiger partial charge is 0.337 e. The molecule has 0 heterocycles. The van der Waals surface area contributed by atoms with Crippen LogP contribution in [-0.2, 0) is 14.3 Å². The summed E-state index contributed by atoms with van der Waals surface area (Å²) in [6.45, 7) is -0.102. The second kappa shape index (κ2) is 9.52. The maximum atomic E-state index is 12.0. The average Bonchev–Trinajstić information content (AvgIpc) is 2.71. The Labute approximate surface area is 163 Å². The zero-order valence-corrected chi connectivity index (χ0v) is 15.9. The molecule has 8 heteroatoms. The molecule has 1 atom stereocenters. The molecule has 2 aromatic carbocycles. The Bertz CT molecular complexity index is 832. The van der Waals surface area contributed by atoms with Gasteiger partial charge in [-0.15, -0.1) is 0 Å². The highest BCUT2D eigenvalue weighted by molar-refractivity contribution is 6.39.